The number of alkyl halides is 6. The average molecular weight is 494 g/mol. The number of carboxylic acids is 1. The predicted molar refractivity (Wildman–Crippen MR) is 109 cm³/mol. The number of nitrogens with zero attached hydrogens (tertiary/aromatic N) is 1. The van der Waals surface area contributed by atoms with E-state index in [0.29, 0.717) is 22.7 Å². The normalized spacial score (nSPS) is 13.5. The van der Waals surface area contributed by atoms with E-state index < -0.39 is 47.0 Å². The lowest BCUT2D eigenvalue weighted by Crippen LogP contribution is -2.38. The van der Waals surface area contributed by atoms with Crippen LogP contribution in [0.5, 0.6) is 0 Å². The highest BCUT2D eigenvalue weighted by molar-refractivity contribution is 6.30. The highest BCUT2D eigenvalue weighted by atomic mass is 35.5. The van der Waals surface area contributed by atoms with E-state index in [-0.39, 0.29) is 18.1 Å². The highest BCUT2D eigenvalue weighted by Crippen LogP contribution is 2.36. The van der Waals surface area contributed by atoms with Crippen LogP contribution in [0.15, 0.2) is 54.1 Å². The number of hydrogen-bond acceptors (Lipinski definition) is 2. The first-order valence-electron chi connectivity index (χ1n) is 9.32. The van der Waals surface area contributed by atoms with E-state index in [1.165, 1.54) is 20.0 Å². The first-order chi connectivity index (χ1) is 15.1. The summed E-state index contributed by atoms with van der Waals surface area (Å²) in [5.41, 5.74) is -3.63. The van der Waals surface area contributed by atoms with E-state index >= 15 is 0 Å². The summed E-state index contributed by atoms with van der Waals surface area (Å²) in [4.78, 5) is 25.1. The molecule has 0 aliphatic rings. The molecule has 11 heteroatoms. The van der Waals surface area contributed by atoms with Crippen molar-refractivity contribution in [2.75, 3.05) is 7.05 Å². The summed E-state index contributed by atoms with van der Waals surface area (Å²) >= 11 is 5.83. The van der Waals surface area contributed by atoms with Crippen molar-refractivity contribution in [1.29, 1.82) is 0 Å². The van der Waals surface area contributed by atoms with Crippen molar-refractivity contribution in [3.05, 3.63) is 81.4 Å². The number of carboxylic acid groups (broad SMARTS) is 1. The monoisotopic (exact) mass is 493 g/mol. The van der Waals surface area contributed by atoms with Gasteiger partial charge in [0.1, 0.15) is 0 Å². The third-order valence-electron chi connectivity index (χ3n) is 4.79. The van der Waals surface area contributed by atoms with Gasteiger partial charge in [0.15, 0.2) is 0 Å². The van der Waals surface area contributed by atoms with Gasteiger partial charge in [0.25, 0.3) is 5.91 Å². The Hall–Kier alpha value is -3.01. The van der Waals surface area contributed by atoms with Crippen molar-refractivity contribution in [1.82, 2.24) is 4.90 Å². The number of rotatable bonds is 6. The number of amides is 1. The lowest BCUT2D eigenvalue weighted by molar-refractivity contribution is -0.143. The Bertz CT molecular complexity index is 1030. The molecule has 0 unspecified atom stereocenters. The molecule has 0 heterocycles. The third kappa shape index (κ3) is 6.98. The van der Waals surface area contributed by atoms with Gasteiger partial charge in [-0.2, -0.15) is 26.3 Å². The first-order valence-corrected chi connectivity index (χ1v) is 9.70. The Labute approximate surface area is 190 Å². The minimum atomic E-state index is -5.11. The Morgan fingerprint density at radius 1 is 1.00 bits per heavy atom. The van der Waals surface area contributed by atoms with Crippen LogP contribution in [-0.2, 0) is 23.6 Å². The summed E-state index contributed by atoms with van der Waals surface area (Å²) in [5.74, 6) is -2.43. The summed E-state index contributed by atoms with van der Waals surface area (Å²) in [6.07, 6.45) is -8.99. The van der Waals surface area contributed by atoms with Crippen molar-refractivity contribution >= 4 is 23.5 Å². The Morgan fingerprint density at radius 3 is 1.91 bits per heavy atom. The number of carbonyl (C=O) groups is 2. The van der Waals surface area contributed by atoms with Crippen LogP contribution in [0.2, 0.25) is 5.02 Å². The molecule has 0 aromatic heterocycles. The fraction of sp³-hybridized carbons (Fsp3) is 0.273. The molecule has 1 atom stereocenters. The molecule has 178 valence electrons. The van der Waals surface area contributed by atoms with Gasteiger partial charge in [-0.05, 0) is 49.2 Å². The van der Waals surface area contributed by atoms with Gasteiger partial charge in [-0.1, -0.05) is 29.8 Å². The lowest BCUT2D eigenvalue weighted by atomic mass is 10.00. The minimum Gasteiger partial charge on any atom is -0.478 e. The number of likely N-dealkylation sites (N-methyl/N-ethyl adjacent to an activating group) is 1. The summed E-state index contributed by atoms with van der Waals surface area (Å²) in [6, 6.07) is 5.91. The zero-order valence-corrected chi connectivity index (χ0v) is 18.0. The van der Waals surface area contributed by atoms with Crippen molar-refractivity contribution in [2.24, 2.45) is 0 Å². The van der Waals surface area contributed by atoms with Crippen LogP contribution in [0.3, 0.4) is 0 Å². The van der Waals surface area contributed by atoms with E-state index in [1.54, 1.807) is 24.3 Å². The van der Waals surface area contributed by atoms with E-state index in [2.05, 4.69) is 0 Å². The van der Waals surface area contributed by atoms with E-state index in [9.17, 15) is 41.0 Å². The highest BCUT2D eigenvalue weighted by Gasteiger charge is 2.38. The number of halogens is 7. The molecule has 1 N–H and O–H groups in total. The molecule has 2 aromatic carbocycles. The molecule has 0 aliphatic heterocycles. The molecule has 0 saturated heterocycles. The van der Waals surface area contributed by atoms with Crippen molar-refractivity contribution in [2.45, 2.75) is 31.7 Å². The maximum Gasteiger partial charge on any atom is 0.416 e. The number of carbonyl (C=O) groups excluding carboxylic acids is 1. The topological polar surface area (TPSA) is 57.6 Å². The molecule has 33 heavy (non-hydrogen) atoms. The lowest BCUT2D eigenvalue weighted by Gasteiger charge is -2.27. The SMILES string of the molecule is CC(=C[C@@H](Cc1ccc(Cl)cc1)N(C)C(=O)c1cc(C(F)(F)F)cc(C(F)(F)F)c1)C(=O)O. The van der Waals surface area contributed by atoms with Crippen LogP contribution >= 0.6 is 11.6 Å². The quantitative estimate of drug-likeness (QED) is 0.391. The minimum absolute atomic E-state index is 0.0368. The molecular weight excluding hydrogens is 476 g/mol. The molecule has 2 aromatic rings. The molecule has 0 bridgehead atoms. The van der Waals surface area contributed by atoms with Crippen molar-refractivity contribution in [3.63, 3.8) is 0 Å². The number of aliphatic carboxylic acids is 1. The van der Waals surface area contributed by atoms with E-state index in [1.807, 2.05) is 0 Å². The molecular formula is C22H18ClF6NO3. The van der Waals surface area contributed by atoms with Crippen LogP contribution in [-0.4, -0.2) is 35.0 Å². The molecule has 0 spiro atoms. The van der Waals surface area contributed by atoms with E-state index in [0.717, 1.165) is 4.90 Å². The summed E-state index contributed by atoms with van der Waals surface area (Å²) < 4.78 is 79.0. The second-order valence-electron chi connectivity index (χ2n) is 7.26. The van der Waals surface area contributed by atoms with Gasteiger partial charge in [0.05, 0.1) is 17.2 Å². The Kier molecular flexibility index (Phi) is 7.84. The van der Waals surface area contributed by atoms with Gasteiger partial charge in [-0.25, -0.2) is 4.79 Å². The Balaban J connectivity index is 2.52. The molecule has 0 saturated carbocycles. The fourth-order valence-corrected chi connectivity index (χ4v) is 3.09. The predicted octanol–water partition coefficient (Wildman–Crippen LogP) is 6.09. The van der Waals surface area contributed by atoms with Crippen LogP contribution in [0.4, 0.5) is 26.3 Å². The molecule has 4 nitrogen and oxygen atoms in total. The second kappa shape index (κ2) is 9.86. The molecule has 0 aliphatic carbocycles. The number of benzene rings is 2. The third-order valence-corrected chi connectivity index (χ3v) is 5.04. The molecule has 1 amide bonds. The van der Waals surface area contributed by atoms with Crippen LogP contribution < -0.4 is 0 Å². The molecule has 2 rings (SSSR count). The standard InChI is InChI=1S/C22H18ClF6NO3/c1-12(20(32)33)7-18(8-13-3-5-17(23)6-4-13)30(2)19(31)14-9-15(21(24,25)26)11-16(10-14)22(27,28)29/h3-7,9-11,18H,8H2,1-2H3,(H,32,33)/t18-/m0/s1. The van der Waals surface area contributed by atoms with Crippen LogP contribution in [0, 0.1) is 0 Å². The maximum atomic E-state index is 13.2. The van der Waals surface area contributed by atoms with Crippen LogP contribution in [0.25, 0.3) is 0 Å². The molecule has 0 radical (unpaired) electrons. The second-order valence-corrected chi connectivity index (χ2v) is 7.70. The summed E-state index contributed by atoms with van der Waals surface area (Å²) in [6.45, 7) is 1.25. The van der Waals surface area contributed by atoms with Gasteiger partial charge in [0.2, 0.25) is 0 Å². The van der Waals surface area contributed by atoms with Crippen molar-refractivity contribution < 1.29 is 41.0 Å². The summed E-state index contributed by atoms with van der Waals surface area (Å²) in [5, 5.41) is 9.60. The van der Waals surface area contributed by atoms with Gasteiger partial charge in [-0.15, -0.1) is 0 Å². The summed E-state index contributed by atoms with van der Waals surface area (Å²) in [7, 11) is 1.17. The first kappa shape index (κ1) is 26.2. The van der Waals surface area contributed by atoms with Crippen LogP contribution in [0.1, 0.15) is 34.0 Å². The van der Waals surface area contributed by atoms with E-state index in [4.69, 9.17) is 11.6 Å². The van der Waals surface area contributed by atoms with Gasteiger partial charge < -0.3 is 10.0 Å². The maximum absolute atomic E-state index is 13.2. The van der Waals surface area contributed by atoms with Gasteiger partial charge in [-0.3, -0.25) is 4.79 Å². The number of hydrogen-bond donors (Lipinski definition) is 1. The fourth-order valence-electron chi connectivity index (χ4n) is 2.96. The van der Waals surface area contributed by atoms with Gasteiger partial charge in [0, 0.05) is 23.2 Å². The zero-order valence-electron chi connectivity index (χ0n) is 17.3. The smallest absolute Gasteiger partial charge is 0.416 e. The largest absolute Gasteiger partial charge is 0.478 e. The van der Waals surface area contributed by atoms with Crippen molar-refractivity contribution in [3.8, 4) is 0 Å². The van der Waals surface area contributed by atoms with Gasteiger partial charge >= 0.3 is 18.3 Å². The average Bonchev–Trinajstić information content (AvgIpc) is 2.72. The zero-order chi connectivity index (χ0) is 25.1. The molecule has 0 fully saturated rings. The Morgan fingerprint density at radius 2 is 1.48 bits per heavy atom.